The van der Waals surface area contributed by atoms with Crippen LogP contribution in [0.3, 0.4) is 0 Å². The minimum absolute atomic E-state index is 0.00439. The molecule has 0 aliphatic carbocycles. The number of rotatable bonds is 7. The highest BCUT2D eigenvalue weighted by Gasteiger charge is 2.33. The third-order valence-electron chi connectivity index (χ3n) is 4.72. The zero-order valence-corrected chi connectivity index (χ0v) is 16.0. The van der Waals surface area contributed by atoms with E-state index >= 15 is 0 Å². The Morgan fingerprint density at radius 2 is 1.83 bits per heavy atom. The van der Waals surface area contributed by atoms with Crippen molar-refractivity contribution in [1.29, 1.82) is 0 Å². The Morgan fingerprint density at radius 1 is 1.10 bits per heavy atom. The molecular weight excluding hydrogens is 403 g/mol. The van der Waals surface area contributed by atoms with Crippen LogP contribution in [0.1, 0.15) is 11.1 Å². The quantitative estimate of drug-likeness (QED) is 0.504. The van der Waals surface area contributed by atoms with Crippen molar-refractivity contribution in [3.05, 3.63) is 69.8 Å². The highest BCUT2D eigenvalue weighted by molar-refractivity contribution is 5.79. The second-order valence-electron chi connectivity index (χ2n) is 6.90. The third kappa shape index (κ3) is 5.69. The van der Waals surface area contributed by atoms with Gasteiger partial charge >= 0.3 is 6.18 Å². The lowest BCUT2D eigenvalue weighted by Crippen LogP contribution is -2.50. The molecule has 1 aliphatic rings. The van der Waals surface area contributed by atoms with Gasteiger partial charge in [-0.3, -0.25) is 19.8 Å². The van der Waals surface area contributed by atoms with E-state index in [-0.39, 0.29) is 24.8 Å². The molecular formula is C20H20F3N3O4. The summed E-state index contributed by atoms with van der Waals surface area (Å²) in [5.74, 6) is -0.273. The highest BCUT2D eigenvalue weighted by atomic mass is 19.4. The second kappa shape index (κ2) is 9.12. The normalized spacial score (nSPS) is 15.3. The first-order valence-corrected chi connectivity index (χ1v) is 9.26. The topological polar surface area (TPSA) is 75.9 Å². The average molecular weight is 423 g/mol. The van der Waals surface area contributed by atoms with Gasteiger partial charge in [-0.05, 0) is 11.6 Å². The zero-order valence-electron chi connectivity index (χ0n) is 16.0. The van der Waals surface area contributed by atoms with Crippen molar-refractivity contribution in [2.45, 2.75) is 12.7 Å². The van der Waals surface area contributed by atoms with Crippen molar-refractivity contribution < 1.29 is 27.6 Å². The van der Waals surface area contributed by atoms with Crippen LogP contribution in [-0.4, -0.2) is 53.4 Å². The van der Waals surface area contributed by atoms with Gasteiger partial charge in [0.05, 0.1) is 23.1 Å². The summed E-state index contributed by atoms with van der Waals surface area (Å²) in [6.45, 7) is 2.16. The smallest absolute Gasteiger partial charge is 0.416 e. The fourth-order valence-electron chi connectivity index (χ4n) is 3.15. The number of benzene rings is 2. The predicted octanol–water partition coefficient (Wildman–Crippen LogP) is 3.34. The highest BCUT2D eigenvalue weighted by Crippen LogP contribution is 2.34. The molecule has 1 heterocycles. The molecule has 7 nitrogen and oxygen atoms in total. The van der Waals surface area contributed by atoms with Crippen LogP contribution in [0, 0.1) is 10.1 Å². The molecule has 1 fully saturated rings. The maximum atomic E-state index is 12.9. The van der Waals surface area contributed by atoms with E-state index in [1.807, 2.05) is 35.2 Å². The summed E-state index contributed by atoms with van der Waals surface area (Å²) in [5, 5.41) is 10.9. The van der Waals surface area contributed by atoms with Gasteiger partial charge in [-0.1, -0.05) is 30.3 Å². The van der Waals surface area contributed by atoms with Crippen molar-refractivity contribution in [3.63, 3.8) is 0 Å². The van der Waals surface area contributed by atoms with E-state index in [1.165, 1.54) is 0 Å². The van der Waals surface area contributed by atoms with E-state index in [2.05, 4.69) is 0 Å². The number of halogens is 3. The van der Waals surface area contributed by atoms with Gasteiger partial charge in [0.25, 0.3) is 5.69 Å². The molecule has 160 valence electrons. The van der Waals surface area contributed by atoms with Crippen LogP contribution in [-0.2, 0) is 17.5 Å². The summed E-state index contributed by atoms with van der Waals surface area (Å²) < 4.78 is 44.1. The molecule has 1 amide bonds. The van der Waals surface area contributed by atoms with Gasteiger partial charge < -0.3 is 9.64 Å². The van der Waals surface area contributed by atoms with Gasteiger partial charge in [-0.25, -0.2) is 0 Å². The van der Waals surface area contributed by atoms with Crippen LogP contribution < -0.4 is 4.74 Å². The van der Waals surface area contributed by atoms with Crippen molar-refractivity contribution >= 4 is 11.6 Å². The van der Waals surface area contributed by atoms with E-state index in [0.29, 0.717) is 32.2 Å². The molecule has 1 saturated heterocycles. The SMILES string of the molecule is O=C1CN(CCOc2cc([N+](=O)[O-])cc(C(F)(F)F)c2)CCN1Cc1ccccc1. The third-order valence-corrected chi connectivity index (χ3v) is 4.72. The zero-order chi connectivity index (χ0) is 21.7. The van der Waals surface area contributed by atoms with E-state index in [0.717, 1.165) is 17.7 Å². The number of nitrogens with zero attached hydrogens (tertiary/aromatic N) is 3. The average Bonchev–Trinajstić information content (AvgIpc) is 2.70. The van der Waals surface area contributed by atoms with Gasteiger partial charge in [-0.15, -0.1) is 0 Å². The Hall–Kier alpha value is -3.14. The summed E-state index contributed by atoms with van der Waals surface area (Å²) in [7, 11) is 0. The number of carbonyl (C=O) groups excluding carboxylic acids is 1. The minimum atomic E-state index is -4.72. The number of amides is 1. The fourth-order valence-corrected chi connectivity index (χ4v) is 3.15. The summed E-state index contributed by atoms with van der Waals surface area (Å²) in [6.07, 6.45) is -4.72. The molecule has 0 spiro atoms. The Kier molecular flexibility index (Phi) is 6.56. The number of piperazine rings is 1. The minimum Gasteiger partial charge on any atom is -0.492 e. The van der Waals surface area contributed by atoms with Gasteiger partial charge in [0.15, 0.2) is 0 Å². The molecule has 0 N–H and O–H groups in total. The van der Waals surface area contributed by atoms with Crippen molar-refractivity contribution in [2.75, 3.05) is 32.8 Å². The van der Waals surface area contributed by atoms with Gasteiger partial charge in [0.1, 0.15) is 12.4 Å². The molecule has 0 atom stereocenters. The standard InChI is InChI=1S/C20H20F3N3O4/c21-20(22,23)16-10-17(26(28)29)12-18(11-16)30-9-8-24-6-7-25(19(27)14-24)13-15-4-2-1-3-5-15/h1-5,10-12H,6-9,13-14H2. The second-order valence-corrected chi connectivity index (χ2v) is 6.90. The summed E-state index contributed by atoms with van der Waals surface area (Å²) in [4.78, 5) is 25.9. The number of carbonyl (C=O) groups is 1. The molecule has 1 aliphatic heterocycles. The lowest BCUT2D eigenvalue weighted by molar-refractivity contribution is -0.385. The summed E-state index contributed by atoms with van der Waals surface area (Å²) in [5.41, 5.74) is -0.797. The fraction of sp³-hybridized carbons (Fsp3) is 0.350. The molecule has 0 bridgehead atoms. The number of non-ortho nitro benzene ring substituents is 1. The largest absolute Gasteiger partial charge is 0.492 e. The van der Waals surface area contributed by atoms with Crippen LogP contribution >= 0.6 is 0 Å². The van der Waals surface area contributed by atoms with E-state index < -0.39 is 22.4 Å². The molecule has 3 rings (SSSR count). The van der Waals surface area contributed by atoms with Gasteiger partial charge in [0, 0.05) is 32.2 Å². The van der Waals surface area contributed by atoms with Crippen molar-refractivity contribution in [3.8, 4) is 5.75 Å². The first-order valence-electron chi connectivity index (χ1n) is 9.26. The Bertz CT molecular complexity index is 906. The first-order chi connectivity index (χ1) is 14.2. The van der Waals surface area contributed by atoms with Crippen LogP contribution in [0.5, 0.6) is 5.75 Å². The predicted molar refractivity (Wildman–Crippen MR) is 102 cm³/mol. The number of hydrogen-bond donors (Lipinski definition) is 0. The van der Waals surface area contributed by atoms with E-state index in [4.69, 9.17) is 4.74 Å². The molecule has 2 aromatic rings. The van der Waals surface area contributed by atoms with Gasteiger partial charge in [0.2, 0.25) is 5.91 Å². The summed E-state index contributed by atoms with van der Waals surface area (Å²) in [6, 6.07) is 11.8. The lowest BCUT2D eigenvalue weighted by Gasteiger charge is -2.34. The molecule has 0 saturated carbocycles. The van der Waals surface area contributed by atoms with Crippen molar-refractivity contribution in [2.24, 2.45) is 0 Å². The number of hydrogen-bond acceptors (Lipinski definition) is 5. The van der Waals surface area contributed by atoms with Crippen LogP contribution in [0.2, 0.25) is 0 Å². The Morgan fingerprint density at radius 3 is 2.47 bits per heavy atom. The van der Waals surface area contributed by atoms with E-state index in [9.17, 15) is 28.1 Å². The molecule has 0 radical (unpaired) electrons. The Balaban J connectivity index is 1.53. The van der Waals surface area contributed by atoms with Crippen LogP contribution in [0.4, 0.5) is 18.9 Å². The maximum Gasteiger partial charge on any atom is 0.416 e. The summed E-state index contributed by atoms with van der Waals surface area (Å²) >= 11 is 0. The monoisotopic (exact) mass is 423 g/mol. The first kappa shape index (κ1) is 21.6. The van der Waals surface area contributed by atoms with Crippen LogP contribution in [0.15, 0.2) is 48.5 Å². The number of nitro groups is 1. The molecule has 2 aromatic carbocycles. The number of nitro benzene ring substituents is 1. The van der Waals surface area contributed by atoms with Crippen LogP contribution in [0.25, 0.3) is 0 Å². The van der Waals surface area contributed by atoms with Crippen molar-refractivity contribution in [1.82, 2.24) is 9.80 Å². The number of alkyl halides is 3. The lowest BCUT2D eigenvalue weighted by atomic mass is 10.2. The maximum absolute atomic E-state index is 12.9. The molecule has 30 heavy (non-hydrogen) atoms. The number of ether oxygens (including phenoxy) is 1. The van der Waals surface area contributed by atoms with E-state index in [1.54, 1.807) is 4.90 Å². The molecule has 10 heteroatoms. The molecule has 0 aromatic heterocycles. The Labute approximate surface area is 170 Å². The van der Waals surface area contributed by atoms with Gasteiger partial charge in [-0.2, -0.15) is 13.2 Å². The molecule has 0 unspecified atom stereocenters.